The van der Waals surface area contributed by atoms with Gasteiger partial charge in [0.15, 0.2) is 11.7 Å². The standard InChI is InChI=1S/C12H10N2O4S/c15-11(16)8(7-4-2-1-3-5-7)14-10-9(12(17)18)13-6-19-10/h1-6,8,14H,(H,15,16)(H,17,18). The molecule has 1 unspecified atom stereocenters. The number of carbonyl (C=O) groups is 2. The number of aromatic carboxylic acids is 1. The summed E-state index contributed by atoms with van der Waals surface area (Å²) < 4.78 is 0. The third kappa shape index (κ3) is 2.89. The second kappa shape index (κ2) is 5.49. The highest BCUT2D eigenvalue weighted by Crippen LogP contribution is 2.26. The molecule has 1 heterocycles. The van der Waals surface area contributed by atoms with E-state index in [2.05, 4.69) is 10.3 Å². The van der Waals surface area contributed by atoms with Crippen LogP contribution in [0.2, 0.25) is 0 Å². The number of aliphatic carboxylic acids is 1. The minimum absolute atomic E-state index is 0.174. The molecule has 0 aliphatic carbocycles. The van der Waals surface area contributed by atoms with Gasteiger partial charge in [-0.05, 0) is 5.56 Å². The van der Waals surface area contributed by atoms with Crippen LogP contribution in [-0.2, 0) is 4.79 Å². The van der Waals surface area contributed by atoms with Gasteiger partial charge >= 0.3 is 11.9 Å². The number of benzene rings is 1. The average Bonchev–Trinajstić information content (AvgIpc) is 2.85. The zero-order chi connectivity index (χ0) is 13.8. The van der Waals surface area contributed by atoms with Crippen molar-refractivity contribution in [2.75, 3.05) is 5.32 Å². The molecule has 0 fully saturated rings. The van der Waals surface area contributed by atoms with E-state index in [0.717, 1.165) is 11.3 Å². The summed E-state index contributed by atoms with van der Waals surface area (Å²) in [5.41, 5.74) is 1.72. The van der Waals surface area contributed by atoms with Crippen molar-refractivity contribution in [2.45, 2.75) is 6.04 Å². The van der Waals surface area contributed by atoms with Gasteiger partial charge in [0, 0.05) is 0 Å². The molecule has 0 bridgehead atoms. The number of thiazole rings is 1. The Labute approximate surface area is 112 Å². The highest BCUT2D eigenvalue weighted by molar-refractivity contribution is 7.14. The summed E-state index contributed by atoms with van der Waals surface area (Å²) in [6.45, 7) is 0. The van der Waals surface area contributed by atoms with E-state index >= 15 is 0 Å². The van der Waals surface area contributed by atoms with Gasteiger partial charge in [-0.25, -0.2) is 14.6 Å². The fraction of sp³-hybridized carbons (Fsp3) is 0.0833. The van der Waals surface area contributed by atoms with Crippen molar-refractivity contribution < 1.29 is 19.8 Å². The summed E-state index contributed by atoms with van der Waals surface area (Å²) in [6, 6.07) is 7.52. The minimum atomic E-state index is -1.19. The van der Waals surface area contributed by atoms with Crippen LogP contribution in [0, 0.1) is 0 Å². The first-order valence-corrected chi connectivity index (χ1v) is 6.18. The van der Waals surface area contributed by atoms with Gasteiger partial charge in [0.2, 0.25) is 0 Å². The van der Waals surface area contributed by atoms with Crippen LogP contribution in [0.25, 0.3) is 0 Å². The van der Waals surface area contributed by atoms with Crippen LogP contribution in [0.4, 0.5) is 5.00 Å². The SMILES string of the molecule is O=C(O)c1ncsc1NC(C(=O)O)c1ccccc1. The summed E-state index contributed by atoms with van der Waals surface area (Å²) >= 11 is 1.05. The van der Waals surface area contributed by atoms with Crippen molar-refractivity contribution in [3.8, 4) is 0 Å². The minimum Gasteiger partial charge on any atom is -0.479 e. The van der Waals surface area contributed by atoms with Crippen LogP contribution in [0.5, 0.6) is 0 Å². The van der Waals surface area contributed by atoms with Crippen molar-refractivity contribution in [3.05, 3.63) is 47.1 Å². The molecule has 1 aromatic heterocycles. The van der Waals surface area contributed by atoms with Crippen LogP contribution < -0.4 is 5.32 Å². The van der Waals surface area contributed by atoms with Gasteiger partial charge in [0.05, 0.1) is 5.51 Å². The Balaban J connectivity index is 2.30. The van der Waals surface area contributed by atoms with Gasteiger partial charge in [-0.1, -0.05) is 30.3 Å². The van der Waals surface area contributed by atoms with E-state index in [1.165, 1.54) is 5.51 Å². The predicted molar refractivity (Wildman–Crippen MR) is 69.5 cm³/mol. The Morgan fingerprint density at radius 2 is 1.89 bits per heavy atom. The molecule has 0 saturated heterocycles. The molecule has 0 saturated carbocycles. The molecule has 19 heavy (non-hydrogen) atoms. The van der Waals surface area contributed by atoms with Crippen molar-refractivity contribution in [1.82, 2.24) is 4.98 Å². The van der Waals surface area contributed by atoms with Crippen molar-refractivity contribution in [1.29, 1.82) is 0 Å². The van der Waals surface area contributed by atoms with Crippen LogP contribution in [0.1, 0.15) is 22.1 Å². The van der Waals surface area contributed by atoms with Crippen LogP contribution >= 0.6 is 11.3 Å². The third-order valence-corrected chi connectivity index (χ3v) is 3.18. The number of aromatic nitrogens is 1. The molecule has 1 atom stereocenters. The monoisotopic (exact) mass is 278 g/mol. The largest absolute Gasteiger partial charge is 0.479 e. The lowest BCUT2D eigenvalue weighted by molar-refractivity contribution is -0.138. The maximum Gasteiger partial charge on any atom is 0.357 e. The first-order valence-electron chi connectivity index (χ1n) is 5.30. The van der Waals surface area contributed by atoms with E-state index in [-0.39, 0.29) is 10.7 Å². The molecule has 0 spiro atoms. The average molecular weight is 278 g/mol. The predicted octanol–water partition coefficient (Wildman–Crippen LogP) is 2.08. The maximum atomic E-state index is 11.3. The van der Waals surface area contributed by atoms with Gasteiger partial charge in [0.25, 0.3) is 0 Å². The molecular weight excluding hydrogens is 268 g/mol. The van der Waals surface area contributed by atoms with Crippen LogP contribution in [0.3, 0.4) is 0 Å². The van der Waals surface area contributed by atoms with Crippen molar-refractivity contribution in [2.24, 2.45) is 0 Å². The van der Waals surface area contributed by atoms with E-state index in [1.54, 1.807) is 30.3 Å². The zero-order valence-electron chi connectivity index (χ0n) is 9.61. The molecule has 2 rings (SSSR count). The number of carboxylic acids is 2. The highest BCUT2D eigenvalue weighted by Gasteiger charge is 2.23. The molecule has 6 nitrogen and oxygen atoms in total. The first kappa shape index (κ1) is 13.0. The first-order chi connectivity index (χ1) is 9.09. The lowest BCUT2D eigenvalue weighted by Crippen LogP contribution is -2.21. The summed E-state index contributed by atoms with van der Waals surface area (Å²) in [5.74, 6) is -2.28. The lowest BCUT2D eigenvalue weighted by Gasteiger charge is -2.14. The van der Waals surface area contributed by atoms with E-state index in [9.17, 15) is 14.7 Å². The van der Waals surface area contributed by atoms with Gasteiger partial charge < -0.3 is 15.5 Å². The lowest BCUT2D eigenvalue weighted by atomic mass is 10.1. The van der Waals surface area contributed by atoms with E-state index in [1.807, 2.05) is 0 Å². The fourth-order valence-electron chi connectivity index (χ4n) is 1.57. The zero-order valence-corrected chi connectivity index (χ0v) is 10.4. The Morgan fingerprint density at radius 3 is 2.47 bits per heavy atom. The number of hydrogen-bond acceptors (Lipinski definition) is 5. The molecule has 7 heteroatoms. The Bertz CT molecular complexity index is 597. The maximum absolute atomic E-state index is 11.3. The van der Waals surface area contributed by atoms with Crippen molar-refractivity contribution in [3.63, 3.8) is 0 Å². The molecule has 0 radical (unpaired) electrons. The third-order valence-electron chi connectivity index (χ3n) is 2.43. The Kier molecular flexibility index (Phi) is 3.76. The quantitative estimate of drug-likeness (QED) is 0.774. The Morgan fingerprint density at radius 1 is 1.21 bits per heavy atom. The normalized spacial score (nSPS) is 11.8. The number of rotatable bonds is 5. The van der Waals surface area contributed by atoms with Gasteiger partial charge in [0.1, 0.15) is 5.00 Å². The summed E-state index contributed by atoms with van der Waals surface area (Å²) in [4.78, 5) is 25.9. The Hall–Kier alpha value is -2.41. The summed E-state index contributed by atoms with van der Waals surface area (Å²) in [6.07, 6.45) is 0. The number of nitrogens with one attached hydrogen (secondary N) is 1. The molecular formula is C12H10N2O4S. The number of nitrogens with zero attached hydrogens (tertiary/aromatic N) is 1. The summed E-state index contributed by atoms with van der Waals surface area (Å²) in [7, 11) is 0. The highest BCUT2D eigenvalue weighted by atomic mass is 32.1. The second-order valence-electron chi connectivity index (χ2n) is 3.66. The van der Waals surface area contributed by atoms with Gasteiger partial charge in [-0.15, -0.1) is 11.3 Å². The molecule has 98 valence electrons. The molecule has 0 aliphatic heterocycles. The number of carboxylic acid groups (broad SMARTS) is 2. The topological polar surface area (TPSA) is 99.5 Å². The van der Waals surface area contributed by atoms with Crippen molar-refractivity contribution >= 4 is 28.3 Å². The van der Waals surface area contributed by atoms with Crippen LogP contribution in [0.15, 0.2) is 35.8 Å². The number of anilines is 1. The van der Waals surface area contributed by atoms with E-state index < -0.39 is 18.0 Å². The van der Waals surface area contributed by atoms with E-state index in [0.29, 0.717) is 5.56 Å². The molecule has 0 amide bonds. The number of hydrogen-bond donors (Lipinski definition) is 3. The smallest absolute Gasteiger partial charge is 0.357 e. The van der Waals surface area contributed by atoms with Gasteiger partial charge in [-0.2, -0.15) is 0 Å². The van der Waals surface area contributed by atoms with E-state index in [4.69, 9.17) is 5.11 Å². The van der Waals surface area contributed by atoms with Crippen LogP contribution in [-0.4, -0.2) is 27.1 Å². The summed E-state index contributed by atoms with van der Waals surface area (Å²) in [5, 5.41) is 21.1. The molecule has 2 aromatic rings. The second-order valence-corrected chi connectivity index (χ2v) is 4.52. The fourth-order valence-corrected chi connectivity index (χ4v) is 2.27. The molecule has 0 aliphatic rings. The molecule has 3 N–H and O–H groups in total. The van der Waals surface area contributed by atoms with Gasteiger partial charge in [-0.3, -0.25) is 0 Å². The molecule has 1 aromatic carbocycles.